The van der Waals surface area contributed by atoms with Gasteiger partial charge in [0.1, 0.15) is 0 Å². The predicted molar refractivity (Wildman–Crippen MR) is 101 cm³/mol. The molecule has 0 aliphatic rings. The molecule has 0 aromatic carbocycles. The second-order valence-corrected chi connectivity index (χ2v) is 7.98. The van der Waals surface area contributed by atoms with Gasteiger partial charge in [-0.15, -0.1) is 0 Å². The normalized spacial score (nSPS) is 11.7. The molecular weight excluding hydrogens is 284 g/mol. The van der Waals surface area contributed by atoms with Crippen molar-refractivity contribution in [2.24, 2.45) is 5.41 Å². The standard InChI is InChI=1S/C21H42O2/c1-5-6-7-8-9-10-11-12-13-14-15-16-17-18-19-23-20(22)21(2,3)4/h5-19H2,1-4H3. The van der Waals surface area contributed by atoms with Crippen molar-refractivity contribution in [1.29, 1.82) is 0 Å². The molecule has 0 aromatic heterocycles. The van der Waals surface area contributed by atoms with E-state index >= 15 is 0 Å². The highest BCUT2D eigenvalue weighted by atomic mass is 16.5. The Labute approximate surface area is 145 Å². The fourth-order valence-electron chi connectivity index (χ4n) is 2.68. The van der Waals surface area contributed by atoms with Crippen LogP contribution in [0.4, 0.5) is 0 Å². The number of carbonyl (C=O) groups excluding carboxylic acids is 1. The van der Waals surface area contributed by atoms with Crippen molar-refractivity contribution in [3.63, 3.8) is 0 Å². The Morgan fingerprint density at radius 1 is 0.652 bits per heavy atom. The van der Waals surface area contributed by atoms with E-state index in [4.69, 9.17) is 4.74 Å². The van der Waals surface area contributed by atoms with E-state index in [0.29, 0.717) is 6.61 Å². The molecule has 0 aliphatic heterocycles. The third-order valence-electron chi connectivity index (χ3n) is 4.34. The first-order chi connectivity index (χ1) is 11.0. The minimum absolute atomic E-state index is 0.0767. The summed E-state index contributed by atoms with van der Waals surface area (Å²) in [4.78, 5) is 11.6. The van der Waals surface area contributed by atoms with E-state index in [1.807, 2.05) is 20.8 Å². The smallest absolute Gasteiger partial charge is 0.311 e. The van der Waals surface area contributed by atoms with Crippen LogP contribution in [-0.4, -0.2) is 12.6 Å². The third-order valence-corrected chi connectivity index (χ3v) is 4.34. The molecule has 0 bridgehead atoms. The zero-order chi connectivity index (χ0) is 17.4. The summed E-state index contributed by atoms with van der Waals surface area (Å²) >= 11 is 0. The van der Waals surface area contributed by atoms with E-state index in [1.54, 1.807) is 0 Å². The number of rotatable bonds is 15. The monoisotopic (exact) mass is 326 g/mol. The Morgan fingerprint density at radius 3 is 1.35 bits per heavy atom. The lowest BCUT2D eigenvalue weighted by atomic mass is 9.97. The second kappa shape index (κ2) is 15.0. The summed E-state index contributed by atoms with van der Waals surface area (Å²) in [6.45, 7) is 8.58. The molecule has 23 heavy (non-hydrogen) atoms. The molecular formula is C21H42O2. The SMILES string of the molecule is CCCCCCCCCCCCCCCCOC(=O)C(C)(C)C. The van der Waals surface area contributed by atoms with Crippen LogP contribution in [0, 0.1) is 5.41 Å². The van der Waals surface area contributed by atoms with Crippen LogP contribution in [0.1, 0.15) is 118 Å². The summed E-state index contributed by atoms with van der Waals surface area (Å²) < 4.78 is 5.27. The lowest BCUT2D eigenvalue weighted by Gasteiger charge is -2.16. The molecule has 0 saturated carbocycles. The molecule has 0 fully saturated rings. The minimum Gasteiger partial charge on any atom is -0.465 e. The highest BCUT2D eigenvalue weighted by Gasteiger charge is 2.22. The van der Waals surface area contributed by atoms with E-state index in [-0.39, 0.29) is 11.4 Å². The molecule has 2 nitrogen and oxygen atoms in total. The van der Waals surface area contributed by atoms with Gasteiger partial charge in [0.2, 0.25) is 0 Å². The molecule has 0 amide bonds. The first kappa shape index (κ1) is 22.5. The van der Waals surface area contributed by atoms with E-state index in [9.17, 15) is 4.79 Å². The highest BCUT2D eigenvalue weighted by Crippen LogP contribution is 2.16. The molecule has 0 atom stereocenters. The van der Waals surface area contributed by atoms with Gasteiger partial charge >= 0.3 is 5.97 Å². The second-order valence-electron chi connectivity index (χ2n) is 7.98. The topological polar surface area (TPSA) is 26.3 Å². The van der Waals surface area contributed by atoms with Crippen molar-refractivity contribution in [1.82, 2.24) is 0 Å². The average Bonchev–Trinajstić information content (AvgIpc) is 2.50. The Bertz CT molecular complexity index is 266. The summed E-state index contributed by atoms with van der Waals surface area (Å²) in [6.07, 6.45) is 18.9. The van der Waals surface area contributed by atoms with E-state index in [2.05, 4.69) is 6.92 Å². The van der Waals surface area contributed by atoms with Gasteiger partial charge in [0.15, 0.2) is 0 Å². The molecule has 0 radical (unpaired) electrons. The number of hydrogen-bond donors (Lipinski definition) is 0. The van der Waals surface area contributed by atoms with Crippen LogP contribution in [0.15, 0.2) is 0 Å². The van der Waals surface area contributed by atoms with Crippen LogP contribution in [0.2, 0.25) is 0 Å². The largest absolute Gasteiger partial charge is 0.465 e. The zero-order valence-electron chi connectivity index (χ0n) is 16.4. The molecule has 0 heterocycles. The number of ether oxygens (including phenoxy) is 1. The van der Waals surface area contributed by atoms with Gasteiger partial charge in [0.05, 0.1) is 12.0 Å². The lowest BCUT2D eigenvalue weighted by Crippen LogP contribution is -2.23. The fraction of sp³-hybridized carbons (Fsp3) is 0.952. The van der Waals surface area contributed by atoms with Crippen LogP contribution in [0.5, 0.6) is 0 Å². The Kier molecular flexibility index (Phi) is 14.7. The molecule has 0 aromatic rings. The van der Waals surface area contributed by atoms with Crippen LogP contribution in [0.3, 0.4) is 0 Å². The van der Waals surface area contributed by atoms with Crippen LogP contribution < -0.4 is 0 Å². The Morgan fingerprint density at radius 2 is 1.00 bits per heavy atom. The van der Waals surface area contributed by atoms with Crippen molar-refractivity contribution < 1.29 is 9.53 Å². The maximum absolute atomic E-state index is 11.6. The first-order valence-electron chi connectivity index (χ1n) is 10.2. The van der Waals surface area contributed by atoms with Gasteiger partial charge in [-0.05, 0) is 27.2 Å². The maximum atomic E-state index is 11.6. The molecule has 0 spiro atoms. The summed E-state index contributed by atoms with van der Waals surface area (Å²) in [5, 5.41) is 0. The van der Waals surface area contributed by atoms with Gasteiger partial charge in [0, 0.05) is 0 Å². The van der Waals surface area contributed by atoms with Crippen molar-refractivity contribution >= 4 is 5.97 Å². The van der Waals surface area contributed by atoms with Gasteiger partial charge in [-0.1, -0.05) is 90.4 Å². The van der Waals surface area contributed by atoms with Crippen molar-refractivity contribution in [3.8, 4) is 0 Å². The third kappa shape index (κ3) is 16.1. The average molecular weight is 327 g/mol. The number of esters is 1. The zero-order valence-corrected chi connectivity index (χ0v) is 16.4. The Hall–Kier alpha value is -0.530. The van der Waals surface area contributed by atoms with Gasteiger partial charge in [-0.25, -0.2) is 0 Å². The Balaban J connectivity index is 3.12. The van der Waals surface area contributed by atoms with E-state index in [0.717, 1.165) is 6.42 Å². The lowest BCUT2D eigenvalue weighted by molar-refractivity contribution is -0.153. The molecule has 2 heteroatoms. The minimum atomic E-state index is -0.365. The molecule has 0 saturated heterocycles. The number of hydrogen-bond acceptors (Lipinski definition) is 2. The van der Waals surface area contributed by atoms with E-state index < -0.39 is 0 Å². The van der Waals surface area contributed by atoms with Gasteiger partial charge in [0.25, 0.3) is 0 Å². The van der Waals surface area contributed by atoms with Crippen molar-refractivity contribution in [2.45, 2.75) is 118 Å². The van der Waals surface area contributed by atoms with Gasteiger partial charge < -0.3 is 4.74 Å². The van der Waals surface area contributed by atoms with Crippen LogP contribution in [0.25, 0.3) is 0 Å². The number of unbranched alkanes of at least 4 members (excludes halogenated alkanes) is 13. The number of carbonyl (C=O) groups is 1. The van der Waals surface area contributed by atoms with Crippen LogP contribution >= 0.6 is 0 Å². The van der Waals surface area contributed by atoms with E-state index in [1.165, 1.54) is 83.5 Å². The summed E-state index contributed by atoms with van der Waals surface area (Å²) in [7, 11) is 0. The van der Waals surface area contributed by atoms with Crippen LogP contribution in [-0.2, 0) is 9.53 Å². The quantitative estimate of drug-likeness (QED) is 0.238. The molecule has 0 unspecified atom stereocenters. The van der Waals surface area contributed by atoms with Gasteiger partial charge in [-0.3, -0.25) is 4.79 Å². The van der Waals surface area contributed by atoms with Crippen molar-refractivity contribution in [2.75, 3.05) is 6.61 Å². The summed E-state index contributed by atoms with van der Waals surface area (Å²) in [5.74, 6) is -0.0767. The molecule has 138 valence electrons. The predicted octanol–water partition coefficient (Wildman–Crippen LogP) is 7.06. The molecule has 0 rings (SSSR count). The fourth-order valence-corrected chi connectivity index (χ4v) is 2.68. The summed E-state index contributed by atoms with van der Waals surface area (Å²) in [5.41, 5.74) is -0.365. The summed E-state index contributed by atoms with van der Waals surface area (Å²) in [6, 6.07) is 0. The van der Waals surface area contributed by atoms with Crippen molar-refractivity contribution in [3.05, 3.63) is 0 Å². The molecule has 0 N–H and O–H groups in total. The first-order valence-corrected chi connectivity index (χ1v) is 10.2. The van der Waals surface area contributed by atoms with Gasteiger partial charge in [-0.2, -0.15) is 0 Å². The highest BCUT2D eigenvalue weighted by molar-refractivity contribution is 5.75. The molecule has 0 aliphatic carbocycles. The maximum Gasteiger partial charge on any atom is 0.311 e.